The summed E-state index contributed by atoms with van der Waals surface area (Å²) >= 11 is 3.59. The van der Waals surface area contributed by atoms with Gasteiger partial charge in [-0.25, -0.2) is 0 Å². The molecule has 1 aliphatic carbocycles. The number of ether oxygens (including phenoxy) is 2. The summed E-state index contributed by atoms with van der Waals surface area (Å²) in [4.78, 5) is 0. The van der Waals surface area contributed by atoms with E-state index in [9.17, 15) is 0 Å². The van der Waals surface area contributed by atoms with Crippen LogP contribution < -0.4 is 10.1 Å². The number of nitrogens with one attached hydrogen (secondary N) is 1. The van der Waals surface area contributed by atoms with Crippen LogP contribution >= 0.6 is 15.9 Å². The van der Waals surface area contributed by atoms with Crippen molar-refractivity contribution in [1.29, 1.82) is 0 Å². The molecule has 2 unspecified atom stereocenters. The van der Waals surface area contributed by atoms with Crippen molar-refractivity contribution < 1.29 is 9.47 Å². The number of benzene rings is 1. The quantitative estimate of drug-likeness (QED) is 0.923. The zero-order valence-electron chi connectivity index (χ0n) is 11.2. The van der Waals surface area contributed by atoms with Crippen molar-refractivity contribution in [3.8, 4) is 5.75 Å². The van der Waals surface area contributed by atoms with Gasteiger partial charge in [0.15, 0.2) is 0 Å². The first-order chi connectivity index (χ1) is 9.26. The molecule has 1 N–H and O–H groups in total. The third kappa shape index (κ3) is 2.96. The molecule has 104 valence electrons. The molecular weight excluding hydrogens is 306 g/mol. The molecule has 0 spiro atoms. The molecule has 1 heterocycles. The molecule has 0 bridgehead atoms. The second-order valence-corrected chi connectivity index (χ2v) is 6.32. The van der Waals surface area contributed by atoms with E-state index in [2.05, 4.69) is 33.4 Å². The predicted molar refractivity (Wildman–Crippen MR) is 78.6 cm³/mol. The Morgan fingerprint density at radius 3 is 3.11 bits per heavy atom. The summed E-state index contributed by atoms with van der Waals surface area (Å²) in [5.41, 5.74) is 2.59. The molecule has 1 aromatic carbocycles. The average molecular weight is 326 g/mol. The summed E-state index contributed by atoms with van der Waals surface area (Å²) in [5, 5.41) is 3.64. The summed E-state index contributed by atoms with van der Waals surface area (Å²) in [5.74, 6) is 1.09. The van der Waals surface area contributed by atoms with Gasteiger partial charge in [0.05, 0.1) is 12.7 Å². The normalized spacial score (nSPS) is 25.4. The number of methoxy groups -OCH3 is 1. The van der Waals surface area contributed by atoms with E-state index in [1.54, 1.807) is 0 Å². The summed E-state index contributed by atoms with van der Waals surface area (Å²) in [6.07, 6.45) is 4.95. The Morgan fingerprint density at radius 2 is 2.32 bits per heavy atom. The van der Waals surface area contributed by atoms with Crippen LogP contribution in [0.3, 0.4) is 0 Å². The molecule has 1 fully saturated rings. The second-order valence-electron chi connectivity index (χ2n) is 5.40. The monoisotopic (exact) mass is 325 g/mol. The SMILES string of the molecule is COC1CCC(NCc2cc(Br)cc3c2OCC3)C1. The molecule has 3 nitrogen and oxygen atoms in total. The summed E-state index contributed by atoms with van der Waals surface area (Å²) in [6, 6.07) is 4.91. The lowest BCUT2D eigenvalue weighted by Crippen LogP contribution is -2.26. The van der Waals surface area contributed by atoms with Gasteiger partial charge in [-0.1, -0.05) is 15.9 Å². The highest BCUT2D eigenvalue weighted by Crippen LogP contribution is 2.33. The van der Waals surface area contributed by atoms with Gasteiger partial charge >= 0.3 is 0 Å². The van der Waals surface area contributed by atoms with Crippen LogP contribution in [0.1, 0.15) is 30.4 Å². The average Bonchev–Trinajstić information content (AvgIpc) is 3.03. The minimum atomic E-state index is 0.432. The van der Waals surface area contributed by atoms with Crippen molar-refractivity contribution in [3.05, 3.63) is 27.7 Å². The highest BCUT2D eigenvalue weighted by atomic mass is 79.9. The molecule has 2 aliphatic rings. The first kappa shape index (κ1) is 13.4. The summed E-state index contributed by atoms with van der Waals surface area (Å²) < 4.78 is 12.3. The third-order valence-corrected chi connectivity index (χ3v) is 4.58. The number of rotatable bonds is 4. The maximum absolute atomic E-state index is 5.76. The first-order valence-electron chi connectivity index (χ1n) is 6.96. The number of hydrogen-bond donors (Lipinski definition) is 1. The van der Waals surface area contributed by atoms with Crippen LogP contribution in [0.15, 0.2) is 16.6 Å². The molecule has 0 radical (unpaired) electrons. The lowest BCUT2D eigenvalue weighted by molar-refractivity contribution is 0.107. The van der Waals surface area contributed by atoms with Gasteiger partial charge in [-0.05, 0) is 37.0 Å². The third-order valence-electron chi connectivity index (χ3n) is 4.12. The fourth-order valence-electron chi connectivity index (χ4n) is 3.07. The molecule has 2 atom stereocenters. The highest BCUT2D eigenvalue weighted by molar-refractivity contribution is 9.10. The zero-order chi connectivity index (χ0) is 13.2. The van der Waals surface area contributed by atoms with Crippen LogP contribution in [0.4, 0.5) is 0 Å². The molecule has 1 aromatic rings. The maximum Gasteiger partial charge on any atom is 0.127 e. The standard InChI is InChI=1S/C15H20BrNO2/c1-18-14-3-2-13(8-14)17-9-11-7-12(16)6-10-4-5-19-15(10)11/h6-7,13-14,17H,2-5,8-9H2,1H3. The Bertz CT molecular complexity index is 464. The van der Waals surface area contributed by atoms with Gasteiger partial charge in [0.2, 0.25) is 0 Å². The van der Waals surface area contributed by atoms with Crippen LogP contribution in [0.5, 0.6) is 5.75 Å². The fraction of sp³-hybridized carbons (Fsp3) is 0.600. The molecular formula is C15H20BrNO2. The van der Waals surface area contributed by atoms with E-state index in [4.69, 9.17) is 9.47 Å². The van der Waals surface area contributed by atoms with Crippen LogP contribution in [0.25, 0.3) is 0 Å². The zero-order valence-corrected chi connectivity index (χ0v) is 12.8. The Kier molecular flexibility index (Phi) is 4.10. The van der Waals surface area contributed by atoms with E-state index in [-0.39, 0.29) is 0 Å². The topological polar surface area (TPSA) is 30.5 Å². The van der Waals surface area contributed by atoms with Gasteiger partial charge in [-0.15, -0.1) is 0 Å². The number of hydrogen-bond acceptors (Lipinski definition) is 3. The number of fused-ring (bicyclic) bond motifs is 1. The Hall–Kier alpha value is -0.580. The van der Waals surface area contributed by atoms with E-state index in [1.165, 1.54) is 24.0 Å². The lowest BCUT2D eigenvalue weighted by Gasteiger charge is -2.15. The van der Waals surface area contributed by atoms with E-state index in [0.29, 0.717) is 12.1 Å². The Labute approximate surface area is 122 Å². The van der Waals surface area contributed by atoms with Gasteiger partial charge in [-0.2, -0.15) is 0 Å². The lowest BCUT2D eigenvalue weighted by atomic mass is 10.1. The summed E-state index contributed by atoms with van der Waals surface area (Å²) in [6.45, 7) is 1.69. The first-order valence-corrected chi connectivity index (χ1v) is 7.76. The minimum absolute atomic E-state index is 0.432. The molecule has 1 aliphatic heterocycles. The number of halogens is 1. The van der Waals surface area contributed by atoms with E-state index in [1.807, 2.05) is 7.11 Å². The molecule has 1 saturated carbocycles. The van der Waals surface area contributed by atoms with Crippen molar-refractivity contribution in [2.75, 3.05) is 13.7 Å². The van der Waals surface area contributed by atoms with Crippen LogP contribution in [-0.4, -0.2) is 25.9 Å². The Balaban J connectivity index is 1.64. The van der Waals surface area contributed by atoms with E-state index >= 15 is 0 Å². The van der Waals surface area contributed by atoms with Crippen LogP contribution in [-0.2, 0) is 17.7 Å². The maximum atomic E-state index is 5.76. The summed E-state index contributed by atoms with van der Waals surface area (Å²) in [7, 11) is 1.81. The van der Waals surface area contributed by atoms with Gasteiger partial charge in [0.25, 0.3) is 0 Å². The van der Waals surface area contributed by atoms with Crippen LogP contribution in [0, 0.1) is 0 Å². The molecule has 0 saturated heterocycles. The molecule has 0 aromatic heterocycles. The molecule has 19 heavy (non-hydrogen) atoms. The smallest absolute Gasteiger partial charge is 0.127 e. The Morgan fingerprint density at radius 1 is 1.42 bits per heavy atom. The van der Waals surface area contributed by atoms with Crippen molar-refractivity contribution in [2.45, 2.75) is 44.4 Å². The van der Waals surface area contributed by atoms with Gasteiger partial charge in [0.1, 0.15) is 5.75 Å². The molecule has 4 heteroatoms. The van der Waals surface area contributed by atoms with Gasteiger partial charge in [0, 0.05) is 36.2 Å². The van der Waals surface area contributed by atoms with E-state index < -0.39 is 0 Å². The van der Waals surface area contributed by atoms with Gasteiger partial charge in [-0.3, -0.25) is 0 Å². The highest BCUT2D eigenvalue weighted by Gasteiger charge is 2.24. The molecule has 3 rings (SSSR count). The van der Waals surface area contributed by atoms with Crippen molar-refractivity contribution in [1.82, 2.24) is 5.32 Å². The predicted octanol–water partition coefficient (Wildman–Crippen LogP) is 3.04. The van der Waals surface area contributed by atoms with Crippen molar-refractivity contribution in [2.24, 2.45) is 0 Å². The van der Waals surface area contributed by atoms with Gasteiger partial charge < -0.3 is 14.8 Å². The van der Waals surface area contributed by atoms with Crippen molar-refractivity contribution in [3.63, 3.8) is 0 Å². The fourth-order valence-corrected chi connectivity index (χ4v) is 3.62. The van der Waals surface area contributed by atoms with Crippen molar-refractivity contribution >= 4 is 15.9 Å². The largest absolute Gasteiger partial charge is 0.493 e. The second kappa shape index (κ2) is 5.81. The van der Waals surface area contributed by atoms with E-state index in [0.717, 1.165) is 36.2 Å². The minimum Gasteiger partial charge on any atom is -0.493 e. The molecule has 0 amide bonds. The van der Waals surface area contributed by atoms with Crippen LogP contribution in [0.2, 0.25) is 0 Å².